The van der Waals surface area contributed by atoms with Crippen LogP contribution in [-0.4, -0.2) is 36.2 Å². The number of hydrogen-bond donors (Lipinski definition) is 2. The van der Waals surface area contributed by atoms with Gasteiger partial charge in [-0.1, -0.05) is 11.6 Å². The number of hydrogen-bond acceptors (Lipinski definition) is 5. The molecule has 2 aromatic rings. The normalized spacial score (nSPS) is 12.8. The number of benzene rings is 1. The number of nitrogens with two attached hydrogens (primary N) is 1. The third-order valence-corrected chi connectivity index (χ3v) is 4.09. The van der Waals surface area contributed by atoms with Crippen molar-refractivity contribution in [1.82, 2.24) is 4.98 Å². The average molecular weight is 462 g/mol. The van der Waals surface area contributed by atoms with Gasteiger partial charge in [0.05, 0.1) is 10.6 Å². The van der Waals surface area contributed by atoms with Gasteiger partial charge in [0.25, 0.3) is 11.9 Å². The van der Waals surface area contributed by atoms with Crippen molar-refractivity contribution < 1.29 is 31.5 Å². The first-order chi connectivity index (χ1) is 14.5. The van der Waals surface area contributed by atoms with Gasteiger partial charge in [0.1, 0.15) is 11.8 Å². The minimum atomic E-state index is -4.97. The zero-order chi connectivity index (χ0) is 23.3. The second-order valence-electron chi connectivity index (χ2n) is 5.97. The van der Waals surface area contributed by atoms with Crippen LogP contribution in [0.1, 0.15) is 21.6 Å². The average Bonchev–Trinajstić information content (AvgIpc) is 2.69. The number of amidine groups is 1. The van der Waals surface area contributed by atoms with Gasteiger partial charge in [0.15, 0.2) is 11.6 Å². The van der Waals surface area contributed by atoms with E-state index in [1.165, 1.54) is 0 Å². The third-order valence-electron chi connectivity index (χ3n) is 3.80. The van der Waals surface area contributed by atoms with Crippen molar-refractivity contribution in [1.29, 1.82) is 5.26 Å². The zero-order valence-electron chi connectivity index (χ0n) is 15.6. The number of anilines is 1. The van der Waals surface area contributed by atoms with Crippen LogP contribution in [0.25, 0.3) is 0 Å². The van der Waals surface area contributed by atoms with Crippen LogP contribution in [0, 0.1) is 23.0 Å². The molecule has 0 spiro atoms. The summed E-state index contributed by atoms with van der Waals surface area (Å²) in [5, 5.41) is 10.7. The molecule has 0 aliphatic carbocycles. The predicted molar refractivity (Wildman–Crippen MR) is 100 cm³/mol. The molecule has 0 unspecified atom stereocenters. The number of nitrogens with zero attached hydrogens (tertiary/aromatic N) is 3. The number of carbonyl (C=O) groups excluding carboxylic acids is 1. The van der Waals surface area contributed by atoms with Crippen molar-refractivity contribution in [3.8, 4) is 6.07 Å². The van der Waals surface area contributed by atoms with Crippen molar-refractivity contribution in [2.45, 2.75) is 18.7 Å². The molecule has 2 rings (SSSR count). The minimum Gasteiger partial charge on any atom is -0.452 e. The first-order valence-corrected chi connectivity index (χ1v) is 8.64. The number of ether oxygens (including phenoxy) is 1. The molecule has 1 aromatic carbocycles. The van der Waals surface area contributed by atoms with Crippen LogP contribution in [0.3, 0.4) is 0 Å². The number of halogens is 6. The highest BCUT2D eigenvalue weighted by atomic mass is 35.5. The lowest BCUT2D eigenvalue weighted by molar-refractivity contribution is -0.198. The van der Waals surface area contributed by atoms with Crippen molar-refractivity contribution in [2.75, 3.05) is 12.4 Å². The molecule has 0 radical (unpaired) electrons. The molecule has 0 aliphatic rings. The lowest BCUT2D eigenvalue weighted by Crippen LogP contribution is -2.38. The number of nitrogens with one attached hydrogen (secondary N) is 1. The van der Waals surface area contributed by atoms with Gasteiger partial charge >= 0.3 is 6.18 Å². The Labute approximate surface area is 177 Å². The second kappa shape index (κ2) is 9.57. The number of pyridine rings is 1. The molecule has 1 atom stereocenters. The molecule has 0 aliphatic heterocycles. The first-order valence-electron chi connectivity index (χ1n) is 8.26. The first kappa shape index (κ1) is 23.8. The van der Waals surface area contributed by atoms with E-state index < -0.39 is 47.8 Å². The molecule has 13 heteroatoms. The Bertz CT molecular complexity index is 1070. The molecule has 0 saturated carbocycles. The van der Waals surface area contributed by atoms with Gasteiger partial charge in [0.2, 0.25) is 6.10 Å². The van der Waals surface area contributed by atoms with E-state index in [4.69, 9.17) is 22.6 Å². The summed E-state index contributed by atoms with van der Waals surface area (Å²) in [4.78, 5) is 19.3. The highest BCUT2D eigenvalue weighted by molar-refractivity contribution is 6.34. The largest absolute Gasteiger partial charge is 0.452 e. The topological polar surface area (TPSA) is 113 Å². The van der Waals surface area contributed by atoms with Crippen LogP contribution in [0.5, 0.6) is 0 Å². The van der Waals surface area contributed by atoms with E-state index in [0.29, 0.717) is 6.07 Å². The van der Waals surface area contributed by atoms with Crippen molar-refractivity contribution in [3.05, 3.63) is 57.9 Å². The number of amides is 1. The molecule has 1 amide bonds. The molecule has 1 aromatic heterocycles. The van der Waals surface area contributed by atoms with Crippen LogP contribution in [0.4, 0.5) is 27.6 Å². The van der Waals surface area contributed by atoms with E-state index in [-0.39, 0.29) is 22.0 Å². The van der Waals surface area contributed by atoms with E-state index >= 15 is 0 Å². The molecular weight excluding hydrogens is 449 g/mol. The summed E-state index contributed by atoms with van der Waals surface area (Å²) in [5.41, 5.74) is 3.79. The Morgan fingerprint density at radius 2 is 2.06 bits per heavy atom. The number of aliphatic imine (C=N–C) groups is 1. The number of rotatable bonds is 5. The molecule has 0 saturated heterocycles. The summed E-state index contributed by atoms with van der Waals surface area (Å²) in [6, 6.07) is 3.49. The van der Waals surface area contributed by atoms with E-state index in [2.05, 4.69) is 20.0 Å². The highest BCUT2D eigenvalue weighted by Crippen LogP contribution is 2.29. The fourth-order valence-corrected chi connectivity index (χ4v) is 2.60. The molecule has 31 heavy (non-hydrogen) atoms. The van der Waals surface area contributed by atoms with Gasteiger partial charge in [-0.2, -0.15) is 18.4 Å². The number of carbonyl (C=O) groups is 1. The van der Waals surface area contributed by atoms with Gasteiger partial charge in [-0.15, -0.1) is 0 Å². The van der Waals surface area contributed by atoms with Gasteiger partial charge in [-0.3, -0.25) is 4.79 Å². The second-order valence-corrected chi connectivity index (χ2v) is 6.37. The molecule has 164 valence electrons. The van der Waals surface area contributed by atoms with Gasteiger partial charge < -0.3 is 15.8 Å². The summed E-state index contributed by atoms with van der Waals surface area (Å²) in [6.45, 7) is 0. The van der Waals surface area contributed by atoms with Crippen LogP contribution in [0.15, 0.2) is 29.4 Å². The minimum absolute atomic E-state index is 0.0738. The predicted octanol–water partition coefficient (Wildman–Crippen LogP) is 3.57. The molecule has 3 N–H and O–H groups in total. The van der Waals surface area contributed by atoms with Gasteiger partial charge in [-0.05, 0) is 17.7 Å². The maximum Gasteiger partial charge on any atom is 0.425 e. The zero-order valence-corrected chi connectivity index (χ0v) is 16.4. The molecular formula is C18H13ClF5N5O2. The lowest BCUT2D eigenvalue weighted by atomic mass is 10.1. The van der Waals surface area contributed by atoms with E-state index in [1.807, 2.05) is 0 Å². The SMILES string of the molecule is CN=C(N)O[C@@H](Cc1cc(NC(=O)c2ncc(C#N)cc2Cl)cc(F)c1F)C(F)(F)F. The van der Waals surface area contributed by atoms with Crippen LogP contribution < -0.4 is 11.1 Å². The maximum absolute atomic E-state index is 14.1. The van der Waals surface area contributed by atoms with E-state index in [1.54, 1.807) is 6.07 Å². The smallest absolute Gasteiger partial charge is 0.425 e. The number of aromatic nitrogens is 1. The van der Waals surface area contributed by atoms with Crippen molar-refractivity contribution >= 4 is 29.2 Å². The number of alkyl halides is 3. The Balaban J connectivity index is 2.34. The van der Waals surface area contributed by atoms with Crippen LogP contribution in [0.2, 0.25) is 5.02 Å². The number of nitriles is 1. The molecule has 1 heterocycles. The quantitative estimate of drug-likeness (QED) is 0.401. The Morgan fingerprint density at radius 3 is 2.61 bits per heavy atom. The fourth-order valence-electron chi connectivity index (χ4n) is 2.35. The molecule has 0 fully saturated rings. The van der Waals surface area contributed by atoms with E-state index in [0.717, 1.165) is 25.4 Å². The Kier molecular flexibility index (Phi) is 7.35. The fraction of sp³-hybridized carbons (Fsp3) is 0.222. The molecule has 0 bridgehead atoms. The maximum atomic E-state index is 14.1. The standard InChI is InChI=1S/C18H13ClF5N5O2/c1-27-17(26)31-13(18(22,23)24)4-9-3-10(5-12(20)14(9)21)29-16(30)15-11(19)2-8(6-25)7-28-15/h2-3,5,7,13H,4H2,1H3,(H2,26,27)(H,29,30)/t13-/m0/s1. The monoisotopic (exact) mass is 461 g/mol. The summed E-state index contributed by atoms with van der Waals surface area (Å²) < 4.78 is 72.2. The third kappa shape index (κ3) is 6.02. The van der Waals surface area contributed by atoms with Gasteiger partial charge in [-0.25, -0.2) is 18.8 Å². The summed E-state index contributed by atoms with van der Waals surface area (Å²) in [5.74, 6) is -4.03. The summed E-state index contributed by atoms with van der Waals surface area (Å²) in [6.07, 6.45) is -7.69. The van der Waals surface area contributed by atoms with Crippen LogP contribution >= 0.6 is 11.6 Å². The summed E-state index contributed by atoms with van der Waals surface area (Å²) in [7, 11) is 1.08. The van der Waals surface area contributed by atoms with Crippen molar-refractivity contribution in [2.24, 2.45) is 10.7 Å². The highest BCUT2D eigenvalue weighted by Gasteiger charge is 2.43. The van der Waals surface area contributed by atoms with Gasteiger partial charge in [0, 0.05) is 31.4 Å². The lowest BCUT2D eigenvalue weighted by Gasteiger charge is -2.21. The Morgan fingerprint density at radius 1 is 1.39 bits per heavy atom. The van der Waals surface area contributed by atoms with E-state index in [9.17, 15) is 26.7 Å². The summed E-state index contributed by atoms with van der Waals surface area (Å²) >= 11 is 5.87. The van der Waals surface area contributed by atoms with Crippen molar-refractivity contribution in [3.63, 3.8) is 0 Å². The van der Waals surface area contributed by atoms with Crippen LogP contribution in [-0.2, 0) is 11.2 Å². The Hall–Kier alpha value is -3.46. The molecule has 7 nitrogen and oxygen atoms in total.